The van der Waals surface area contributed by atoms with E-state index in [0.29, 0.717) is 13.0 Å². The van der Waals surface area contributed by atoms with E-state index < -0.39 is 11.7 Å². The number of anilines is 1. The number of rotatable bonds is 3. The van der Waals surface area contributed by atoms with Gasteiger partial charge in [-0.3, -0.25) is 4.79 Å². The molecule has 1 heterocycles. The average molecular weight is 335 g/mol. The topological polar surface area (TPSA) is 51.4 Å². The average Bonchev–Trinajstić information content (AvgIpc) is 2.96. The van der Waals surface area contributed by atoms with E-state index in [1.54, 1.807) is 0 Å². The predicted molar refractivity (Wildman–Crippen MR) is 81.6 cm³/mol. The third-order valence-corrected chi connectivity index (χ3v) is 4.08. The Bertz CT molecular complexity index is 775. The second-order valence-corrected chi connectivity index (χ2v) is 5.61. The summed E-state index contributed by atoms with van der Waals surface area (Å²) >= 11 is 0. The number of alkyl halides is 3. The van der Waals surface area contributed by atoms with Crippen LogP contribution >= 0.6 is 0 Å². The highest BCUT2D eigenvalue weighted by Gasteiger charge is 2.37. The molecule has 0 aromatic heterocycles. The molecule has 124 valence electrons. The van der Waals surface area contributed by atoms with Crippen LogP contribution < -0.4 is 10.1 Å². The Labute approximate surface area is 135 Å². The number of carbonyl (C=O) groups excluding carboxylic acids is 1. The number of nitrogens with one attached hydrogen (secondary N) is 1. The van der Waals surface area contributed by atoms with Crippen LogP contribution in [0.15, 0.2) is 48.5 Å². The molecule has 4 nitrogen and oxygen atoms in total. The second-order valence-electron chi connectivity index (χ2n) is 5.61. The van der Waals surface area contributed by atoms with Gasteiger partial charge in [0, 0.05) is 28.8 Å². The van der Waals surface area contributed by atoms with E-state index in [1.807, 2.05) is 30.3 Å². The predicted octanol–water partition coefficient (Wildman–Crippen LogP) is 2.70. The van der Waals surface area contributed by atoms with Crippen molar-refractivity contribution >= 4 is 17.3 Å². The van der Waals surface area contributed by atoms with E-state index in [2.05, 4.69) is 0 Å². The van der Waals surface area contributed by atoms with Crippen LogP contribution in [0.25, 0.3) is 0 Å². The van der Waals surface area contributed by atoms with Gasteiger partial charge in [0.15, 0.2) is 0 Å². The first-order valence-corrected chi connectivity index (χ1v) is 7.37. The second kappa shape index (κ2) is 6.07. The zero-order valence-corrected chi connectivity index (χ0v) is 12.5. The van der Waals surface area contributed by atoms with Gasteiger partial charge in [-0.25, -0.2) is 0 Å². The summed E-state index contributed by atoms with van der Waals surface area (Å²) in [6.07, 6.45) is -4.08. The van der Waals surface area contributed by atoms with Gasteiger partial charge in [0.1, 0.15) is 0 Å². The van der Waals surface area contributed by atoms with Crippen LogP contribution in [0, 0.1) is 4.91 Å². The number of hydrogen-bond donors (Lipinski definition) is 1. The van der Waals surface area contributed by atoms with E-state index in [4.69, 9.17) is 0 Å². The summed E-state index contributed by atoms with van der Waals surface area (Å²) in [7, 11) is 0. The Kier molecular flexibility index (Phi) is 4.09. The number of hydrogen-bond acceptors (Lipinski definition) is 2. The van der Waals surface area contributed by atoms with Crippen molar-refractivity contribution in [1.82, 2.24) is 0 Å². The summed E-state index contributed by atoms with van der Waals surface area (Å²) in [5.74, 6) is -0.651. The largest absolute Gasteiger partial charge is 0.416 e. The maximum absolute atomic E-state index is 13.0. The first-order valence-electron chi connectivity index (χ1n) is 7.37. The Morgan fingerprint density at radius 2 is 1.79 bits per heavy atom. The molecule has 1 saturated heterocycles. The Morgan fingerprint density at radius 3 is 2.42 bits per heavy atom. The zero-order chi connectivity index (χ0) is 17.3. The maximum Gasteiger partial charge on any atom is 0.416 e. The van der Waals surface area contributed by atoms with Crippen LogP contribution in [0.3, 0.4) is 0 Å². The Balaban J connectivity index is 1.95. The Morgan fingerprint density at radius 1 is 1.08 bits per heavy atom. The summed E-state index contributed by atoms with van der Waals surface area (Å²) in [6.45, 7) is 0.304. The molecule has 24 heavy (non-hydrogen) atoms. The summed E-state index contributed by atoms with van der Waals surface area (Å²) in [6, 6.07) is 12.0. The van der Waals surface area contributed by atoms with Crippen LogP contribution in [0.2, 0.25) is 0 Å². The number of nitrogens with zero attached hydrogens (tertiary/aromatic N) is 1. The molecule has 0 saturated carbocycles. The van der Waals surface area contributed by atoms with Crippen LogP contribution in [-0.2, 0) is 11.0 Å². The van der Waals surface area contributed by atoms with Crippen LogP contribution in [-0.4, -0.2) is 12.5 Å². The molecule has 0 spiro atoms. The van der Waals surface area contributed by atoms with E-state index in [-0.39, 0.29) is 23.2 Å². The number of halogens is 3. The normalized spacial score (nSPS) is 18.0. The van der Waals surface area contributed by atoms with Gasteiger partial charge in [0.25, 0.3) is 5.69 Å². The van der Waals surface area contributed by atoms with Gasteiger partial charge >= 0.3 is 6.18 Å². The molecular weight excluding hydrogens is 321 g/mol. The molecule has 2 aromatic rings. The third-order valence-electron chi connectivity index (χ3n) is 4.08. The van der Waals surface area contributed by atoms with Crippen molar-refractivity contribution in [3.8, 4) is 0 Å². The highest BCUT2D eigenvalue weighted by Crippen LogP contribution is 2.37. The zero-order valence-electron chi connectivity index (χ0n) is 12.5. The van der Waals surface area contributed by atoms with Crippen molar-refractivity contribution in [3.63, 3.8) is 0 Å². The summed E-state index contributed by atoms with van der Waals surface area (Å²) in [5, 5.41) is 1.47. The van der Waals surface area contributed by atoms with E-state index >= 15 is 0 Å². The molecule has 1 N–H and O–H groups in total. The molecular formula is C17H14F3N2O2+. The highest BCUT2D eigenvalue weighted by atomic mass is 19.4. The van der Waals surface area contributed by atoms with Gasteiger partial charge < -0.3 is 4.90 Å². The van der Waals surface area contributed by atoms with Crippen molar-refractivity contribution < 1.29 is 23.1 Å². The number of amides is 1. The molecule has 1 aliphatic heterocycles. The fraction of sp³-hybridized carbons (Fsp3) is 0.235. The molecule has 2 aromatic carbocycles. The minimum Gasteiger partial charge on any atom is -0.312 e. The van der Waals surface area contributed by atoms with Crippen LogP contribution in [0.1, 0.15) is 23.5 Å². The molecule has 0 aliphatic carbocycles. The first-order chi connectivity index (χ1) is 11.4. The van der Waals surface area contributed by atoms with E-state index in [9.17, 15) is 22.9 Å². The standard InChI is InChI=1S/C17H13F3N2O2/c18-17(19,20)12-8-13(21-24)10-14(9-12)22-7-6-15(16(22)23)11-4-2-1-3-5-11/h1-5,8-10,15H,6-7H2/p+1. The van der Waals surface area contributed by atoms with Crippen molar-refractivity contribution in [3.05, 3.63) is 64.6 Å². The van der Waals surface area contributed by atoms with E-state index in [1.165, 1.54) is 16.1 Å². The fourth-order valence-electron chi connectivity index (χ4n) is 2.92. The Hall–Kier alpha value is -2.70. The number of benzene rings is 2. The maximum atomic E-state index is 13.0. The molecule has 0 bridgehead atoms. The van der Waals surface area contributed by atoms with Gasteiger partial charge in [-0.15, -0.1) is 0 Å². The van der Waals surface area contributed by atoms with Crippen molar-refractivity contribution in [2.75, 3.05) is 11.4 Å². The molecule has 1 atom stereocenters. The van der Waals surface area contributed by atoms with Gasteiger partial charge in [0.2, 0.25) is 5.91 Å². The third kappa shape index (κ3) is 3.02. The quantitative estimate of drug-likeness (QED) is 0.938. The first kappa shape index (κ1) is 16.2. The van der Waals surface area contributed by atoms with Crippen molar-refractivity contribution in [1.29, 1.82) is 0 Å². The summed E-state index contributed by atoms with van der Waals surface area (Å²) in [4.78, 5) is 24.7. The van der Waals surface area contributed by atoms with Crippen molar-refractivity contribution in [2.45, 2.75) is 18.5 Å². The molecule has 1 aliphatic rings. The molecule has 1 amide bonds. The molecule has 1 unspecified atom stereocenters. The minimum absolute atomic E-state index is 0.0756. The van der Waals surface area contributed by atoms with E-state index in [0.717, 1.165) is 17.7 Å². The summed E-state index contributed by atoms with van der Waals surface area (Å²) < 4.78 is 38.9. The molecule has 3 rings (SSSR count). The highest BCUT2D eigenvalue weighted by molar-refractivity contribution is 6.00. The minimum atomic E-state index is -4.59. The number of nitroso groups, excluding NO2 is 1. The number of carbonyl (C=O) groups is 1. The smallest absolute Gasteiger partial charge is 0.312 e. The monoisotopic (exact) mass is 335 g/mol. The summed E-state index contributed by atoms with van der Waals surface area (Å²) in [5.41, 5.74) is -0.282. The molecule has 1 fully saturated rings. The van der Waals surface area contributed by atoms with Gasteiger partial charge in [0.05, 0.1) is 17.2 Å². The van der Waals surface area contributed by atoms with Crippen LogP contribution in [0.4, 0.5) is 24.5 Å². The SMILES string of the molecule is O=[NH+]c1cc(N2CCC(c3ccccc3)C2=O)cc(C(F)(F)F)c1. The van der Waals surface area contributed by atoms with Gasteiger partial charge in [-0.2, -0.15) is 13.2 Å². The lowest BCUT2D eigenvalue weighted by atomic mass is 9.98. The lowest BCUT2D eigenvalue weighted by Crippen LogP contribution is -2.55. The van der Waals surface area contributed by atoms with Crippen LogP contribution in [0.5, 0.6) is 0 Å². The van der Waals surface area contributed by atoms with Gasteiger partial charge in [-0.05, 0) is 18.1 Å². The van der Waals surface area contributed by atoms with Crippen molar-refractivity contribution in [2.24, 2.45) is 0 Å². The lowest BCUT2D eigenvalue weighted by molar-refractivity contribution is -0.379. The lowest BCUT2D eigenvalue weighted by Gasteiger charge is -2.18. The fourth-order valence-corrected chi connectivity index (χ4v) is 2.92. The van der Waals surface area contributed by atoms with Gasteiger partial charge in [-0.1, -0.05) is 30.3 Å². The molecule has 7 heteroatoms. The molecule has 0 radical (unpaired) electrons.